The van der Waals surface area contributed by atoms with E-state index in [0.717, 1.165) is 23.2 Å². The molecule has 0 spiro atoms. The highest BCUT2D eigenvalue weighted by molar-refractivity contribution is 9.10. The molecule has 1 rings (SSSR count). The van der Waals surface area contributed by atoms with Crippen LogP contribution >= 0.6 is 15.9 Å². The second-order valence-electron chi connectivity index (χ2n) is 2.91. The molecule has 0 amide bonds. The monoisotopic (exact) mass is 259 g/mol. The largest absolute Gasteiger partial charge is 0.478 e. The summed E-state index contributed by atoms with van der Waals surface area (Å²) >= 11 is 3.38. The third-order valence-corrected chi connectivity index (χ3v) is 2.58. The molecular formula is C10H14BrNO2. The fraction of sp³-hybridized carbons (Fsp3) is 0.500. The number of aromatic nitrogens is 1. The van der Waals surface area contributed by atoms with Crippen LogP contribution in [0.3, 0.4) is 0 Å². The molecule has 78 valence electrons. The number of halogens is 1. The Labute approximate surface area is 92.6 Å². The summed E-state index contributed by atoms with van der Waals surface area (Å²) in [7, 11) is 1.68. The molecule has 0 bridgehead atoms. The molecule has 0 fully saturated rings. The summed E-state index contributed by atoms with van der Waals surface area (Å²) in [6.07, 6.45) is 0.882. The highest BCUT2D eigenvalue weighted by Crippen LogP contribution is 2.17. The number of aryl methyl sites for hydroxylation is 1. The van der Waals surface area contributed by atoms with Crippen molar-refractivity contribution in [3.05, 3.63) is 22.3 Å². The maximum absolute atomic E-state index is 5.43. The summed E-state index contributed by atoms with van der Waals surface area (Å²) in [5.41, 5.74) is 0.939. The van der Waals surface area contributed by atoms with E-state index in [-0.39, 0.29) is 0 Å². The summed E-state index contributed by atoms with van der Waals surface area (Å²) in [4.78, 5) is 4.26. The van der Waals surface area contributed by atoms with Crippen LogP contribution in [-0.4, -0.2) is 25.3 Å². The fourth-order valence-electron chi connectivity index (χ4n) is 0.981. The number of nitrogens with zero attached hydrogens (tertiary/aromatic N) is 1. The highest BCUT2D eigenvalue weighted by atomic mass is 79.9. The lowest BCUT2D eigenvalue weighted by atomic mass is 10.4. The minimum atomic E-state index is 0.641. The predicted octanol–water partition coefficient (Wildman–Crippen LogP) is 2.57. The van der Waals surface area contributed by atoms with Gasteiger partial charge in [0, 0.05) is 30.7 Å². The molecule has 0 unspecified atom stereocenters. The van der Waals surface area contributed by atoms with Crippen LogP contribution in [0.2, 0.25) is 0 Å². The van der Waals surface area contributed by atoms with Crippen molar-refractivity contribution >= 4 is 15.9 Å². The summed E-state index contributed by atoms with van der Waals surface area (Å²) in [5, 5.41) is 0. The Hall–Kier alpha value is -0.610. The van der Waals surface area contributed by atoms with Crippen molar-refractivity contribution in [2.75, 3.05) is 20.3 Å². The first-order valence-electron chi connectivity index (χ1n) is 4.49. The Bertz CT molecular complexity index is 291. The Balaban J connectivity index is 2.39. The SMILES string of the molecule is COCCCOc1ccc(Br)c(C)n1. The van der Waals surface area contributed by atoms with E-state index >= 15 is 0 Å². The molecule has 0 saturated heterocycles. The molecule has 0 N–H and O–H groups in total. The molecule has 1 heterocycles. The minimum absolute atomic E-state index is 0.641. The second-order valence-corrected chi connectivity index (χ2v) is 3.77. The van der Waals surface area contributed by atoms with Crippen LogP contribution < -0.4 is 4.74 Å². The molecular weight excluding hydrogens is 246 g/mol. The van der Waals surface area contributed by atoms with E-state index in [1.807, 2.05) is 19.1 Å². The van der Waals surface area contributed by atoms with Gasteiger partial charge in [-0.2, -0.15) is 0 Å². The fourth-order valence-corrected chi connectivity index (χ4v) is 1.20. The zero-order valence-corrected chi connectivity index (χ0v) is 10.0. The van der Waals surface area contributed by atoms with E-state index in [2.05, 4.69) is 20.9 Å². The zero-order valence-electron chi connectivity index (χ0n) is 8.42. The van der Waals surface area contributed by atoms with Crippen LogP contribution in [0.1, 0.15) is 12.1 Å². The minimum Gasteiger partial charge on any atom is -0.478 e. The number of ether oxygens (including phenoxy) is 2. The molecule has 0 atom stereocenters. The van der Waals surface area contributed by atoms with Crippen molar-refractivity contribution in [3.63, 3.8) is 0 Å². The molecule has 0 aliphatic rings. The molecule has 1 aromatic rings. The molecule has 3 nitrogen and oxygen atoms in total. The van der Waals surface area contributed by atoms with Crippen molar-refractivity contribution in [1.29, 1.82) is 0 Å². The van der Waals surface area contributed by atoms with Gasteiger partial charge in [0.2, 0.25) is 5.88 Å². The van der Waals surface area contributed by atoms with Gasteiger partial charge in [0.15, 0.2) is 0 Å². The standard InChI is InChI=1S/C10H14BrNO2/c1-8-9(11)4-5-10(12-8)14-7-3-6-13-2/h4-5H,3,6-7H2,1-2H3. The Kier molecular flexibility index (Phi) is 4.90. The highest BCUT2D eigenvalue weighted by Gasteiger charge is 1.99. The molecule has 0 saturated carbocycles. The van der Waals surface area contributed by atoms with Gasteiger partial charge in [-0.3, -0.25) is 0 Å². The van der Waals surface area contributed by atoms with E-state index in [0.29, 0.717) is 12.5 Å². The summed E-state index contributed by atoms with van der Waals surface area (Å²) in [6, 6.07) is 3.79. The lowest BCUT2D eigenvalue weighted by molar-refractivity contribution is 0.170. The van der Waals surface area contributed by atoms with E-state index in [1.165, 1.54) is 0 Å². The topological polar surface area (TPSA) is 31.4 Å². The first-order chi connectivity index (χ1) is 6.74. The molecule has 14 heavy (non-hydrogen) atoms. The summed E-state index contributed by atoms with van der Waals surface area (Å²) in [5.74, 6) is 0.668. The van der Waals surface area contributed by atoms with Crippen LogP contribution in [-0.2, 0) is 4.74 Å². The van der Waals surface area contributed by atoms with Gasteiger partial charge >= 0.3 is 0 Å². The van der Waals surface area contributed by atoms with Crippen molar-refractivity contribution in [1.82, 2.24) is 4.98 Å². The van der Waals surface area contributed by atoms with Gasteiger partial charge < -0.3 is 9.47 Å². The van der Waals surface area contributed by atoms with E-state index in [4.69, 9.17) is 9.47 Å². The van der Waals surface area contributed by atoms with Gasteiger partial charge in [-0.05, 0) is 28.9 Å². The summed E-state index contributed by atoms with van der Waals surface area (Å²) < 4.78 is 11.3. The normalized spacial score (nSPS) is 10.2. The number of rotatable bonds is 5. The van der Waals surface area contributed by atoms with Crippen LogP contribution in [0.4, 0.5) is 0 Å². The van der Waals surface area contributed by atoms with E-state index in [1.54, 1.807) is 7.11 Å². The van der Waals surface area contributed by atoms with Crippen molar-refractivity contribution < 1.29 is 9.47 Å². The van der Waals surface area contributed by atoms with Crippen LogP contribution in [0.15, 0.2) is 16.6 Å². The molecule has 0 aliphatic carbocycles. The molecule has 0 aromatic carbocycles. The molecule has 0 radical (unpaired) electrons. The van der Waals surface area contributed by atoms with Crippen molar-refractivity contribution in [3.8, 4) is 5.88 Å². The first-order valence-corrected chi connectivity index (χ1v) is 5.28. The molecule has 0 aliphatic heterocycles. The Morgan fingerprint density at radius 1 is 1.36 bits per heavy atom. The predicted molar refractivity (Wildman–Crippen MR) is 58.7 cm³/mol. The smallest absolute Gasteiger partial charge is 0.213 e. The van der Waals surface area contributed by atoms with Gasteiger partial charge in [0.1, 0.15) is 0 Å². The maximum atomic E-state index is 5.43. The maximum Gasteiger partial charge on any atom is 0.213 e. The second kappa shape index (κ2) is 5.98. The van der Waals surface area contributed by atoms with Gasteiger partial charge in [0.05, 0.1) is 12.3 Å². The lowest BCUT2D eigenvalue weighted by Gasteiger charge is -2.05. The Morgan fingerprint density at radius 2 is 2.14 bits per heavy atom. The van der Waals surface area contributed by atoms with Gasteiger partial charge in [-0.25, -0.2) is 4.98 Å². The van der Waals surface area contributed by atoms with Crippen LogP contribution in [0.25, 0.3) is 0 Å². The Morgan fingerprint density at radius 3 is 2.79 bits per heavy atom. The van der Waals surface area contributed by atoms with Gasteiger partial charge in [-0.15, -0.1) is 0 Å². The first kappa shape index (κ1) is 11.5. The number of pyridine rings is 1. The van der Waals surface area contributed by atoms with E-state index in [9.17, 15) is 0 Å². The average Bonchev–Trinajstić information content (AvgIpc) is 2.18. The zero-order chi connectivity index (χ0) is 10.4. The van der Waals surface area contributed by atoms with Crippen LogP contribution in [0, 0.1) is 6.92 Å². The number of hydrogen-bond donors (Lipinski definition) is 0. The quantitative estimate of drug-likeness (QED) is 0.762. The van der Waals surface area contributed by atoms with Gasteiger partial charge in [0.25, 0.3) is 0 Å². The molecule has 4 heteroatoms. The molecule has 1 aromatic heterocycles. The average molecular weight is 260 g/mol. The van der Waals surface area contributed by atoms with Crippen LogP contribution in [0.5, 0.6) is 5.88 Å². The third kappa shape index (κ3) is 3.64. The van der Waals surface area contributed by atoms with Gasteiger partial charge in [-0.1, -0.05) is 0 Å². The van der Waals surface area contributed by atoms with E-state index < -0.39 is 0 Å². The van der Waals surface area contributed by atoms with Crippen molar-refractivity contribution in [2.24, 2.45) is 0 Å². The summed E-state index contributed by atoms with van der Waals surface area (Å²) in [6.45, 7) is 3.30. The third-order valence-electron chi connectivity index (χ3n) is 1.74. The lowest BCUT2D eigenvalue weighted by Crippen LogP contribution is -2.02. The van der Waals surface area contributed by atoms with Crippen molar-refractivity contribution in [2.45, 2.75) is 13.3 Å². The number of hydrogen-bond acceptors (Lipinski definition) is 3. The number of methoxy groups -OCH3 is 1.